The van der Waals surface area contributed by atoms with E-state index in [4.69, 9.17) is 4.74 Å². The first-order chi connectivity index (χ1) is 13.2. The molecule has 0 bridgehead atoms. The van der Waals surface area contributed by atoms with Gasteiger partial charge in [0.1, 0.15) is 0 Å². The van der Waals surface area contributed by atoms with Gasteiger partial charge in [0.15, 0.2) is 0 Å². The monoisotopic (exact) mass is 392 g/mol. The number of carbonyl (C=O) groups excluding carboxylic acids is 1. The highest BCUT2D eigenvalue weighted by molar-refractivity contribution is 6.10. The number of ether oxygens (including phenoxy) is 1. The van der Waals surface area contributed by atoms with Crippen LogP contribution in [0.2, 0.25) is 0 Å². The largest absolute Gasteiger partial charge is 0.466 e. The summed E-state index contributed by atoms with van der Waals surface area (Å²) in [6.45, 7) is 8.13. The van der Waals surface area contributed by atoms with Gasteiger partial charge in [-0.15, -0.1) is 0 Å². The van der Waals surface area contributed by atoms with Crippen LogP contribution in [0.3, 0.4) is 0 Å². The summed E-state index contributed by atoms with van der Waals surface area (Å²) in [5.41, 5.74) is 1.73. The molecule has 0 aliphatic heterocycles. The maximum absolute atomic E-state index is 13.8. The fraction of sp³-hybridized carbons (Fsp3) is 0.522. The van der Waals surface area contributed by atoms with Gasteiger partial charge in [-0.1, -0.05) is 57.0 Å². The molecule has 0 N–H and O–H groups in total. The van der Waals surface area contributed by atoms with E-state index in [1.165, 1.54) is 30.4 Å². The molecule has 1 aromatic rings. The second-order valence-electron chi connectivity index (χ2n) is 7.47. The summed E-state index contributed by atoms with van der Waals surface area (Å²) in [4.78, 5) is 12.8. The maximum Gasteiger partial charge on any atom is 0.416 e. The van der Waals surface area contributed by atoms with Crippen molar-refractivity contribution in [2.75, 3.05) is 7.11 Å². The van der Waals surface area contributed by atoms with Crippen LogP contribution in [0.4, 0.5) is 13.2 Å². The molecule has 2 nitrogen and oxygen atoms in total. The van der Waals surface area contributed by atoms with Crippen molar-refractivity contribution in [2.45, 2.75) is 59.6 Å². The predicted molar refractivity (Wildman–Crippen MR) is 103 cm³/mol. The second-order valence-corrected chi connectivity index (χ2v) is 7.47. The fourth-order valence-electron chi connectivity index (χ4n) is 6.17. The van der Waals surface area contributed by atoms with Crippen LogP contribution >= 0.6 is 0 Å². The zero-order valence-electron chi connectivity index (χ0n) is 17.1. The number of carbonyl (C=O) groups is 1. The molecule has 1 aromatic carbocycles. The molecule has 3 rings (SSSR count). The molecule has 0 heterocycles. The number of halogens is 3. The van der Waals surface area contributed by atoms with E-state index >= 15 is 0 Å². The number of benzene rings is 1. The Bertz CT molecular complexity index is 878. The van der Waals surface area contributed by atoms with Gasteiger partial charge in [-0.05, 0) is 42.9 Å². The van der Waals surface area contributed by atoms with Gasteiger partial charge in [-0.25, -0.2) is 4.79 Å². The minimum atomic E-state index is -4.49. The van der Waals surface area contributed by atoms with E-state index in [0.717, 1.165) is 18.9 Å². The van der Waals surface area contributed by atoms with Gasteiger partial charge in [0.05, 0.1) is 18.2 Å². The molecule has 28 heavy (non-hydrogen) atoms. The molecule has 0 saturated heterocycles. The summed E-state index contributed by atoms with van der Waals surface area (Å²) in [5.74, 6) is -0.515. The number of alkyl halides is 3. The molecule has 152 valence electrons. The van der Waals surface area contributed by atoms with E-state index in [9.17, 15) is 18.0 Å². The fourth-order valence-corrected chi connectivity index (χ4v) is 6.17. The lowest BCUT2D eigenvalue weighted by Crippen LogP contribution is -2.63. The Morgan fingerprint density at radius 3 is 1.96 bits per heavy atom. The Morgan fingerprint density at radius 1 is 0.964 bits per heavy atom. The van der Waals surface area contributed by atoms with Crippen molar-refractivity contribution in [3.05, 3.63) is 52.1 Å². The van der Waals surface area contributed by atoms with Gasteiger partial charge in [0, 0.05) is 10.8 Å². The molecule has 0 aromatic heterocycles. The van der Waals surface area contributed by atoms with E-state index in [0.29, 0.717) is 24.0 Å². The molecular formula is C23H27F3O2. The smallest absolute Gasteiger partial charge is 0.416 e. The highest BCUT2D eigenvalue weighted by Crippen LogP contribution is 2.81. The Kier molecular flexibility index (Phi) is 5.01. The van der Waals surface area contributed by atoms with Gasteiger partial charge in [0.2, 0.25) is 0 Å². The van der Waals surface area contributed by atoms with E-state index < -0.39 is 28.5 Å². The Labute approximate surface area is 164 Å². The number of rotatable bonds is 6. The van der Waals surface area contributed by atoms with E-state index in [-0.39, 0.29) is 5.56 Å². The van der Waals surface area contributed by atoms with Crippen LogP contribution in [-0.2, 0) is 15.7 Å². The molecule has 2 aliphatic carbocycles. The lowest BCUT2D eigenvalue weighted by Gasteiger charge is -2.71. The first-order valence-corrected chi connectivity index (χ1v) is 9.95. The average Bonchev–Trinajstić information content (AvgIpc) is 2.67. The van der Waals surface area contributed by atoms with Gasteiger partial charge in [-0.3, -0.25) is 0 Å². The van der Waals surface area contributed by atoms with Gasteiger partial charge in [0.25, 0.3) is 0 Å². The first-order valence-electron chi connectivity index (χ1n) is 9.95. The van der Waals surface area contributed by atoms with Crippen molar-refractivity contribution in [2.24, 2.45) is 10.8 Å². The molecule has 0 fully saturated rings. The minimum Gasteiger partial charge on any atom is -0.466 e. The van der Waals surface area contributed by atoms with Crippen LogP contribution in [0.15, 0.2) is 41.0 Å². The number of allylic oxidation sites excluding steroid dienone is 3. The molecule has 0 amide bonds. The average molecular weight is 392 g/mol. The van der Waals surface area contributed by atoms with E-state index in [2.05, 4.69) is 6.92 Å². The second kappa shape index (κ2) is 6.78. The molecule has 0 radical (unpaired) electrons. The summed E-state index contributed by atoms with van der Waals surface area (Å²) in [6.07, 6.45) is -1.60. The molecule has 0 saturated carbocycles. The molecule has 0 spiro atoms. The van der Waals surface area contributed by atoms with Crippen LogP contribution in [0.1, 0.15) is 64.5 Å². The van der Waals surface area contributed by atoms with Crippen molar-refractivity contribution < 1.29 is 22.7 Å². The molecular weight excluding hydrogens is 365 g/mol. The summed E-state index contributed by atoms with van der Waals surface area (Å²) in [5, 5.41) is 0. The van der Waals surface area contributed by atoms with Crippen LogP contribution in [-0.4, -0.2) is 13.1 Å². The van der Waals surface area contributed by atoms with E-state index in [1.807, 2.05) is 20.8 Å². The number of esters is 1. The normalized spacial score (nSPS) is 26.6. The van der Waals surface area contributed by atoms with Crippen molar-refractivity contribution in [3.8, 4) is 0 Å². The van der Waals surface area contributed by atoms with Gasteiger partial charge in [-0.2, -0.15) is 13.2 Å². The van der Waals surface area contributed by atoms with Crippen LogP contribution < -0.4 is 0 Å². The van der Waals surface area contributed by atoms with Gasteiger partial charge < -0.3 is 4.74 Å². The highest BCUT2D eigenvalue weighted by atomic mass is 19.4. The number of hydrogen-bond acceptors (Lipinski definition) is 2. The van der Waals surface area contributed by atoms with E-state index in [1.54, 1.807) is 6.07 Å². The zero-order chi connectivity index (χ0) is 20.9. The number of methoxy groups -OCH3 is 1. The lowest BCUT2D eigenvalue weighted by atomic mass is 9.31. The van der Waals surface area contributed by atoms with Crippen LogP contribution in [0.5, 0.6) is 0 Å². The maximum atomic E-state index is 13.8. The molecule has 2 atom stereocenters. The lowest BCUT2D eigenvalue weighted by molar-refractivity contribution is -0.141. The quantitative estimate of drug-likeness (QED) is 0.404. The Balaban J connectivity index is 2.40. The molecule has 2 unspecified atom stereocenters. The predicted octanol–water partition coefficient (Wildman–Crippen LogP) is 6.57. The van der Waals surface area contributed by atoms with Crippen molar-refractivity contribution in [3.63, 3.8) is 0 Å². The van der Waals surface area contributed by atoms with Crippen molar-refractivity contribution >= 4 is 11.5 Å². The highest BCUT2D eigenvalue weighted by Gasteiger charge is 2.74. The van der Waals surface area contributed by atoms with Crippen LogP contribution in [0, 0.1) is 10.8 Å². The third-order valence-electron chi connectivity index (χ3n) is 6.89. The standard InChI is InChI=1S/C23H27F3O2/c1-6-15-16(7-2)22(9-4)19(20(27)28-5)18(21(15,22)8-3)14-12-10-11-13-17(14)23(24,25)26/h10-13H,6-9H2,1-5H3. The number of hydrogen-bond donors (Lipinski definition) is 0. The van der Waals surface area contributed by atoms with Gasteiger partial charge >= 0.3 is 12.1 Å². The van der Waals surface area contributed by atoms with Crippen molar-refractivity contribution in [1.82, 2.24) is 0 Å². The molecule has 5 heteroatoms. The Morgan fingerprint density at radius 2 is 1.50 bits per heavy atom. The summed E-state index contributed by atoms with van der Waals surface area (Å²) >= 11 is 0. The summed E-state index contributed by atoms with van der Waals surface area (Å²) in [7, 11) is 1.30. The first kappa shape index (κ1) is 20.7. The Hall–Kier alpha value is -2.04. The minimum absolute atomic E-state index is 0.113. The number of fused-ring (bicyclic) bond motifs is 1. The van der Waals surface area contributed by atoms with Crippen LogP contribution in [0.25, 0.3) is 5.57 Å². The summed E-state index contributed by atoms with van der Waals surface area (Å²) in [6, 6.07) is 5.59. The third kappa shape index (κ3) is 2.19. The third-order valence-corrected chi connectivity index (χ3v) is 6.89. The zero-order valence-corrected chi connectivity index (χ0v) is 17.1. The summed E-state index contributed by atoms with van der Waals surface area (Å²) < 4.78 is 46.5. The molecule has 2 aliphatic rings. The topological polar surface area (TPSA) is 26.3 Å². The SMILES string of the molecule is CCC1=C(CC)C2(CC)C(c3ccccc3C(F)(F)F)=C(C(=O)OC)C12CC. The van der Waals surface area contributed by atoms with Crippen molar-refractivity contribution in [1.29, 1.82) is 0 Å².